The van der Waals surface area contributed by atoms with E-state index in [9.17, 15) is 35.1 Å². The second-order valence-electron chi connectivity index (χ2n) is 22.5. The van der Waals surface area contributed by atoms with E-state index in [1.54, 1.807) is 6.08 Å². The fraction of sp³-hybridized carbons (Fsp3) is 0.743. The highest BCUT2D eigenvalue weighted by Gasteiger charge is 2.47. The molecule has 0 aromatic heterocycles. The van der Waals surface area contributed by atoms with Crippen LogP contribution in [0.25, 0.3) is 0 Å². The molecule has 1 aliphatic rings. The third-order valence-electron chi connectivity index (χ3n) is 15.0. The number of hydrogen-bond donors (Lipinski definition) is 6. The molecule has 11 nitrogen and oxygen atoms in total. The number of nitrogens with one attached hydrogen (secondary N) is 1. The van der Waals surface area contributed by atoms with Gasteiger partial charge >= 0.3 is 5.97 Å². The lowest BCUT2D eigenvalue weighted by atomic mass is 9.99. The first-order valence-corrected chi connectivity index (χ1v) is 33.0. The molecule has 1 heterocycles. The molecule has 8 unspecified atom stereocenters. The molecule has 1 rings (SSSR count). The molecule has 11 heteroatoms. The molecule has 1 aliphatic heterocycles. The molecule has 8 atom stereocenters. The topological polar surface area (TPSA) is 175 Å². The third-order valence-corrected chi connectivity index (χ3v) is 15.0. The van der Waals surface area contributed by atoms with E-state index >= 15 is 0 Å². The number of ether oxygens (including phenoxy) is 3. The lowest BCUT2D eigenvalue weighted by Gasteiger charge is -2.41. The zero-order valence-electron chi connectivity index (χ0n) is 51.6. The first-order valence-electron chi connectivity index (χ1n) is 33.0. The van der Waals surface area contributed by atoms with Gasteiger partial charge in [-0.1, -0.05) is 259 Å². The number of aliphatic hydroxyl groups is 5. The molecule has 6 N–H and O–H groups in total. The fourth-order valence-corrected chi connectivity index (χ4v) is 9.77. The summed E-state index contributed by atoms with van der Waals surface area (Å²) in [4.78, 5) is 26.6. The van der Waals surface area contributed by atoms with Gasteiger partial charge in [0.2, 0.25) is 5.91 Å². The molecule has 0 bridgehead atoms. The van der Waals surface area contributed by atoms with Crippen LogP contribution in [0.3, 0.4) is 0 Å². The smallest absolute Gasteiger partial charge is 0.306 e. The van der Waals surface area contributed by atoms with E-state index in [1.807, 2.05) is 6.08 Å². The predicted octanol–water partition coefficient (Wildman–Crippen LogP) is 16.3. The average Bonchev–Trinajstić information content (AvgIpc) is 3.46. The molecule has 0 spiro atoms. The first-order chi connectivity index (χ1) is 39.7. The van der Waals surface area contributed by atoms with E-state index in [1.165, 1.54) is 103 Å². The summed E-state index contributed by atoms with van der Waals surface area (Å²) in [5.74, 6) is -1.22. The summed E-state index contributed by atoms with van der Waals surface area (Å²) in [5, 5.41) is 57.1. The Kier molecular flexibility index (Phi) is 53.2. The molecular weight excluding hydrogens is 1010 g/mol. The molecule has 0 aromatic rings. The van der Waals surface area contributed by atoms with Crippen LogP contribution in [0.15, 0.2) is 97.2 Å². The van der Waals surface area contributed by atoms with Crippen molar-refractivity contribution in [1.82, 2.24) is 5.32 Å². The van der Waals surface area contributed by atoms with Crippen LogP contribution in [0.1, 0.15) is 271 Å². The van der Waals surface area contributed by atoms with Crippen LogP contribution in [0, 0.1) is 0 Å². The van der Waals surface area contributed by atoms with Crippen LogP contribution in [0.4, 0.5) is 0 Å². The molecule has 466 valence electrons. The second-order valence-corrected chi connectivity index (χ2v) is 22.5. The molecule has 0 radical (unpaired) electrons. The number of unbranched alkanes of at least 4 members (excludes halogenated alkanes) is 27. The Bertz CT molecular complexity index is 1690. The van der Waals surface area contributed by atoms with E-state index in [0.717, 1.165) is 122 Å². The molecule has 1 saturated heterocycles. The maximum Gasteiger partial charge on any atom is 0.306 e. The number of hydrogen-bond acceptors (Lipinski definition) is 10. The molecule has 81 heavy (non-hydrogen) atoms. The molecule has 0 aromatic carbocycles. The molecule has 0 aliphatic carbocycles. The number of rotatable bonds is 55. The Balaban J connectivity index is 2.67. The normalized spacial score (nSPS) is 19.3. The number of allylic oxidation sites excluding steroid dienone is 15. The van der Waals surface area contributed by atoms with E-state index in [2.05, 4.69) is 111 Å². The lowest BCUT2D eigenvalue weighted by molar-refractivity contribution is -0.305. The van der Waals surface area contributed by atoms with Crippen LogP contribution >= 0.6 is 0 Å². The van der Waals surface area contributed by atoms with E-state index in [0.29, 0.717) is 12.8 Å². The monoisotopic (exact) mass is 1140 g/mol. The van der Waals surface area contributed by atoms with Crippen molar-refractivity contribution in [2.75, 3.05) is 13.2 Å². The van der Waals surface area contributed by atoms with Gasteiger partial charge in [0.15, 0.2) is 12.4 Å². The maximum atomic E-state index is 13.5. The molecule has 0 saturated carbocycles. The van der Waals surface area contributed by atoms with Gasteiger partial charge in [-0.15, -0.1) is 0 Å². The minimum absolute atomic E-state index is 0.113. The Hall–Kier alpha value is -3.42. The van der Waals surface area contributed by atoms with Crippen LogP contribution in [0.2, 0.25) is 0 Å². The van der Waals surface area contributed by atoms with E-state index in [-0.39, 0.29) is 19.4 Å². The summed E-state index contributed by atoms with van der Waals surface area (Å²) < 4.78 is 17.6. The Morgan fingerprint density at radius 1 is 0.494 bits per heavy atom. The maximum absolute atomic E-state index is 13.5. The number of carbonyl (C=O) groups is 2. The summed E-state index contributed by atoms with van der Waals surface area (Å²) in [6.07, 6.45) is 65.8. The minimum Gasteiger partial charge on any atom is -0.454 e. The number of carbonyl (C=O) groups excluding carboxylic acids is 2. The van der Waals surface area contributed by atoms with Gasteiger partial charge in [0.1, 0.15) is 24.4 Å². The van der Waals surface area contributed by atoms with Gasteiger partial charge in [-0.05, 0) is 103 Å². The van der Waals surface area contributed by atoms with Crippen molar-refractivity contribution in [3.05, 3.63) is 97.2 Å². The zero-order chi connectivity index (χ0) is 58.9. The van der Waals surface area contributed by atoms with Crippen molar-refractivity contribution in [1.29, 1.82) is 0 Å². The fourth-order valence-electron chi connectivity index (χ4n) is 9.77. The standard InChI is InChI=1S/C70H121NO10/c1-4-7-10-13-16-19-22-25-27-28-29-30-31-32-33-34-35-37-39-42-45-48-51-54-57-63(74)69(78)71-61(62(73)56-53-50-47-44-41-38-24-21-18-15-12-9-6-3)60-79-70-68(67(77)66(76)64(59-72)80-70)81-65(75)58-55-52-49-46-43-40-36-26-23-20-17-14-11-8-5-2/h7,10,16,19-20,23,25,27,29-30,32-33,35,37,53,56,61-64,66-68,70,72-74,76-77H,4-6,8-9,11-15,17-18,21-22,24,26,28,31,34,36,38-52,54-55,57-60H2,1-3H3,(H,71,78)/b10-7-,19-16-,23-20-,27-25-,30-29-,33-32-,37-35-,56-53+. The second kappa shape index (κ2) is 57.0. The highest BCUT2D eigenvalue weighted by Crippen LogP contribution is 2.26. The summed E-state index contributed by atoms with van der Waals surface area (Å²) >= 11 is 0. The highest BCUT2D eigenvalue weighted by atomic mass is 16.7. The highest BCUT2D eigenvalue weighted by molar-refractivity contribution is 5.80. The van der Waals surface area contributed by atoms with Crippen molar-refractivity contribution in [3.63, 3.8) is 0 Å². The zero-order valence-corrected chi connectivity index (χ0v) is 51.6. The van der Waals surface area contributed by atoms with Crippen molar-refractivity contribution in [2.24, 2.45) is 0 Å². The van der Waals surface area contributed by atoms with Gasteiger partial charge in [-0.3, -0.25) is 9.59 Å². The van der Waals surface area contributed by atoms with Gasteiger partial charge in [0.25, 0.3) is 0 Å². The van der Waals surface area contributed by atoms with Gasteiger partial charge in [0.05, 0.1) is 25.4 Å². The number of amides is 1. The number of aliphatic hydroxyl groups excluding tert-OH is 5. The minimum atomic E-state index is -1.62. The van der Waals surface area contributed by atoms with Crippen molar-refractivity contribution in [3.8, 4) is 0 Å². The number of esters is 1. The Labute approximate surface area is 495 Å². The van der Waals surface area contributed by atoms with Crippen molar-refractivity contribution < 1.29 is 49.3 Å². The quantitative estimate of drug-likeness (QED) is 0.0195. The lowest BCUT2D eigenvalue weighted by Crippen LogP contribution is -2.61. The van der Waals surface area contributed by atoms with Gasteiger partial charge < -0.3 is 45.1 Å². The average molecular weight is 1140 g/mol. The van der Waals surface area contributed by atoms with Crippen LogP contribution in [-0.4, -0.2) is 99.6 Å². The largest absolute Gasteiger partial charge is 0.454 e. The molecule has 1 amide bonds. The summed E-state index contributed by atoms with van der Waals surface area (Å²) in [5.41, 5.74) is 0. The molecular formula is C70H121NO10. The summed E-state index contributed by atoms with van der Waals surface area (Å²) in [7, 11) is 0. The summed E-state index contributed by atoms with van der Waals surface area (Å²) in [6, 6.07) is -1.04. The summed E-state index contributed by atoms with van der Waals surface area (Å²) in [6.45, 7) is 5.66. The van der Waals surface area contributed by atoms with Gasteiger partial charge in [0, 0.05) is 6.42 Å². The molecule has 1 fully saturated rings. The van der Waals surface area contributed by atoms with Gasteiger partial charge in [-0.2, -0.15) is 0 Å². The van der Waals surface area contributed by atoms with Crippen LogP contribution in [-0.2, 0) is 23.8 Å². The Morgan fingerprint density at radius 3 is 1.36 bits per heavy atom. The van der Waals surface area contributed by atoms with Crippen LogP contribution < -0.4 is 5.32 Å². The van der Waals surface area contributed by atoms with Crippen molar-refractivity contribution >= 4 is 11.9 Å². The van der Waals surface area contributed by atoms with Gasteiger partial charge in [-0.25, -0.2) is 0 Å². The third kappa shape index (κ3) is 44.7. The first kappa shape index (κ1) is 75.6. The van der Waals surface area contributed by atoms with Crippen molar-refractivity contribution in [2.45, 2.75) is 320 Å². The van der Waals surface area contributed by atoms with E-state index in [4.69, 9.17) is 14.2 Å². The SMILES string of the molecule is CC/C=C\C/C=C\C/C=C\C/C=C\C/C=C\C/C=C\CCCCCCCC(O)C(=O)NC(COC1OC(CO)C(O)C(O)C1OC(=O)CCCCCCCCC/C=C\CCCCCC)C(O)/C=C/CCCCCCCCCCCCC. The Morgan fingerprint density at radius 2 is 0.889 bits per heavy atom. The predicted molar refractivity (Wildman–Crippen MR) is 338 cm³/mol. The van der Waals surface area contributed by atoms with E-state index < -0.39 is 67.4 Å². The van der Waals surface area contributed by atoms with Crippen LogP contribution in [0.5, 0.6) is 0 Å².